The summed E-state index contributed by atoms with van der Waals surface area (Å²) in [5.74, 6) is -2.60. The topological polar surface area (TPSA) is 131 Å². The number of amides is 2. The second kappa shape index (κ2) is 4.80. The molecule has 116 valence electrons. The van der Waals surface area contributed by atoms with Gasteiger partial charge >= 0.3 is 5.97 Å². The van der Waals surface area contributed by atoms with Crippen molar-refractivity contribution in [1.82, 2.24) is 9.88 Å². The van der Waals surface area contributed by atoms with Crippen LogP contribution in [-0.2, 0) is 0 Å². The largest absolute Gasteiger partial charge is 0.478 e. The van der Waals surface area contributed by atoms with Crippen molar-refractivity contribution in [2.24, 2.45) is 0 Å². The second-order valence-electron chi connectivity index (χ2n) is 5.08. The molecule has 2 heterocycles. The monoisotopic (exact) mass is 313 g/mol. The van der Waals surface area contributed by atoms with Gasteiger partial charge in [0.05, 0.1) is 22.4 Å². The van der Waals surface area contributed by atoms with Gasteiger partial charge in [-0.25, -0.2) is 4.79 Å². The molecule has 3 rings (SSSR count). The fourth-order valence-electron chi connectivity index (χ4n) is 2.57. The minimum absolute atomic E-state index is 0.0606. The Morgan fingerprint density at radius 3 is 2.48 bits per heavy atom. The minimum Gasteiger partial charge on any atom is -0.478 e. The molecule has 0 saturated carbocycles. The summed E-state index contributed by atoms with van der Waals surface area (Å²) in [6.07, 6.45) is 0. The van der Waals surface area contributed by atoms with Crippen molar-refractivity contribution in [3.8, 4) is 5.69 Å². The number of imide groups is 1. The summed E-state index contributed by atoms with van der Waals surface area (Å²) in [6, 6.07) is 5.27. The van der Waals surface area contributed by atoms with E-state index in [-0.39, 0.29) is 22.5 Å². The SMILES string of the molecule is Cc1cc(-n2c(N)c3c(cc2=O)C(=O)NC3=O)ccc1C(=O)O. The van der Waals surface area contributed by atoms with Gasteiger partial charge in [0.1, 0.15) is 5.82 Å². The zero-order chi connectivity index (χ0) is 16.9. The highest BCUT2D eigenvalue weighted by Crippen LogP contribution is 2.23. The summed E-state index contributed by atoms with van der Waals surface area (Å²) in [7, 11) is 0. The minimum atomic E-state index is -1.09. The molecular weight excluding hydrogens is 302 g/mol. The Hall–Kier alpha value is -3.42. The van der Waals surface area contributed by atoms with Crippen LogP contribution in [0.15, 0.2) is 29.1 Å². The maximum absolute atomic E-state index is 12.3. The number of nitrogens with two attached hydrogens (primary N) is 1. The van der Waals surface area contributed by atoms with Crippen molar-refractivity contribution >= 4 is 23.6 Å². The van der Waals surface area contributed by atoms with Gasteiger partial charge in [0.15, 0.2) is 0 Å². The van der Waals surface area contributed by atoms with Crippen LogP contribution in [0.3, 0.4) is 0 Å². The molecule has 2 amide bonds. The number of nitrogens with one attached hydrogen (secondary N) is 1. The molecule has 0 atom stereocenters. The van der Waals surface area contributed by atoms with Crippen LogP contribution < -0.4 is 16.6 Å². The molecule has 0 unspecified atom stereocenters. The number of carbonyl (C=O) groups excluding carboxylic acids is 2. The molecule has 0 saturated heterocycles. The van der Waals surface area contributed by atoms with Crippen LogP contribution in [0.4, 0.5) is 5.82 Å². The lowest BCUT2D eigenvalue weighted by Crippen LogP contribution is -2.24. The molecule has 0 aliphatic carbocycles. The number of pyridine rings is 1. The van der Waals surface area contributed by atoms with E-state index in [1.165, 1.54) is 18.2 Å². The van der Waals surface area contributed by atoms with Gasteiger partial charge in [-0.1, -0.05) is 0 Å². The van der Waals surface area contributed by atoms with E-state index in [4.69, 9.17) is 10.8 Å². The van der Waals surface area contributed by atoms with E-state index in [1.54, 1.807) is 6.92 Å². The third kappa shape index (κ3) is 2.08. The quantitative estimate of drug-likeness (QED) is 0.684. The van der Waals surface area contributed by atoms with Gasteiger partial charge in [-0.15, -0.1) is 0 Å². The lowest BCUT2D eigenvalue weighted by atomic mass is 10.1. The smallest absolute Gasteiger partial charge is 0.335 e. The summed E-state index contributed by atoms with van der Waals surface area (Å²) < 4.78 is 1.07. The molecule has 4 N–H and O–H groups in total. The number of rotatable bonds is 2. The number of hydrogen-bond donors (Lipinski definition) is 3. The first-order valence-corrected chi connectivity index (χ1v) is 6.56. The van der Waals surface area contributed by atoms with Crippen LogP contribution in [0.1, 0.15) is 36.6 Å². The van der Waals surface area contributed by atoms with Crippen molar-refractivity contribution in [3.05, 3.63) is 56.9 Å². The summed E-state index contributed by atoms with van der Waals surface area (Å²) in [6.45, 7) is 1.58. The number of benzene rings is 1. The van der Waals surface area contributed by atoms with Gasteiger partial charge in [-0.3, -0.25) is 24.3 Å². The number of fused-ring (bicyclic) bond motifs is 1. The Morgan fingerprint density at radius 1 is 1.17 bits per heavy atom. The molecule has 1 aliphatic heterocycles. The lowest BCUT2D eigenvalue weighted by molar-refractivity contribution is 0.0695. The molecule has 8 nitrogen and oxygen atoms in total. The van der Waals surface area contributed by atoms with Gasteiger partial charge in [-0.2, -0.15) is 0 Å². The molecule has 2 aromatic rings. The van der Waals surface area contributed by atoms with Crippen molar-refractivity contribution in [3.63, 3.8) is 0 Å². The molecule has 1 aromatic carbocycles. The highest BCUT2D eigenvalue weighted by atomic mass is 16.4. The molecule has 0 fully saturated rings. The number of nitrogen functional groups attached to an aromatic ring is 1. The number of nitrogens with zero attached hydrogens (tertiary/aromatic N) is 1. The van der Waals surface area contributed by atoms with E-state index in [2.05, 4.69) is 5.32 Å². The van der Waals surface area contributed by atoms with Crippen LogP contribution in [0.25, 0.3) is 5.69 Å². The lowest BCUT2D eigenvalue weighted by Gasteiger charge is -2.13. The summed E-state index contributed by atoms with van der Waals surface area (Å²) in [4.78, 5) is 46.7. The molecule has 1 aromatic heterocycles. The predicted molar refractivity (Wildman–Crippen MR) is 79.9 cm³/mol. The fourth-order valence-corrected chi connectivity index (χ4v) is 2.57. The van der Waals surface area contributed by atoms with Crippen molar-refractivity contribution in [2.75, 3.05) is 5.73 Å². The first-order valence-electron chi connectivity index (χ1n) is 6.56. The van der Waals surface area contributed by atoms with Crippen LogP contribution >= 0.6 is 0 Å². The third-order valence-corrected chi connectivity index (χ3v) is 3.65. The summed E-state index contributed by atoms with van der Waals surface area (Å²) in [5, 5.41) is 11.1. The Kier molecular flexibility index (Phi) is 3.03. The fraction of sp³-hybridized carbons (Fsp3) is 0.0667. The summed E-state index contributed by atoms with van der Waals surface area (Å²) >= 11 is 0. The standard InChI is InChI=1S/C15H11N3O5/c1-6-4-7(2-3-8(6)15(22)23)18-10(19)5-9-11(12(18)16)14(21)17-13(9)20/h2-5H,16H2,1H3,(H,22,23)(H,17,20,21). The summed E-state index contributed by atoms with van der Waals surface area (Å²) in [5.41, 5.74) is 6.02. The number of aromatic nitrogens is 1. The van der Waals surface area contributed by atoms with E-state index in [9.17, 15) is 19.2 Å². The highest BCUT2D eigenvalue weighted by molar-refractivity contribution is 6.23. The number of hydrogen-bond acceptors (Lipinski definition) is 5. The Bertz CT molecular complexity index is 958. The zero-order valence-electron chi connectivity index (χ0n) is 11.9. The molecule has 0 spiro atoms. The van der Waals surface area contributed by atoms with Crippen molar-refractivity contribution in [2.45, 2.75) is 6.92 Å². The first-order chi connectivity index (χ1) is 10.8. The molecule has 23 heavy (non-hydrogen) atoms. The van der Waals surface area contributed by atoms with Crippen LogP contribution in [-0.4, -0.2) is 27.5 Å². The van der Waals surface area contributed by atoms with E-state index in [0.717, 1.165) is 10.6 Å². The maximum Gasteiger partial charge on any atom is 0.335 e. The number of carbonyl (C=O) groups is 3. The Labute approximate surface area is 129 Å². The van der Waals surface area contributed by atoms with Gasteiger partial charge < -0.3 is 10.8 Å². The molecule has 0 radical (unpaired) electrons. The predicted octanol–water partition coefficient (Wildman–Crippen LogP) is 0.310. The van der Waals surface area contributed by atoms with Crippen LogP contribution in [0.2, 0.25) is 0 Å². The molecule has 0 bridgehead atoms. The van der Waals surface area contributed by atoms with Crippen LogP contribution in [0.5, 0.6) is 0 Å². The first kappa shape index (κ1) is 14.5. The number of aryl methyl sites for hydroxylation is 1. The normalized spacial score (nSPS) is 12.9. The van der Waals surface area contributed by atoms with Crippen molar-refractivity contribution < 1.29 is 19.5 Å². The number of aromatic carboxylic acids is 1. The Morgan fingerprint density at radius 2 is 1.87 bits per heavy atom. The number of carboxylic acids is 1. The van der Waals surface area contributed by atoms with Gasteiger partial charge in [0.2, 0.25) is 0 Å². The van der Waals surface area contributed by atoms with Crippen LogP contribution in [0, 0.1) is 6.92 Å². The van der Waals surface area contributed by atoms with E-state index < -0.39 is 23.3 Å². The highest BCUT2D eigenvalue weighted by Gasteiger charge is 2.31. The maximum atomic E-state index is 12.3. The van der Waals surface area contributed by atoms with Gasteiger partial charge in [0.25, 0.3) is 17.4 Å². The zero-order valence-corrected chi connectivity index (χ0v) is 11.9. The van der Waals surface area contributed by atoms with Gasteiger partial charge in [-0.05, 0) is 30.7 Å². The number of carboxylic acid groups (broad SMARTS) is 1. The molecule has 8 heteroatoms. The van der Waals surface area contributed by atoms with E-state index in [0.29, 0.717) is 11.3 Å². The Balaban J connectivity index is 2.27. The van der Waals surface area contributed by atoms with Gasteiger partial charge in [0, 0.05) is 6.07 Å². The average Bonchev–Trinajstić information content (AvgIpc) is 2.73. The average molecular weight is 313 g/mol. The molecule has 1 aliphatic rings. The van der Waals surface area contributed by atoms with Crippen molar-refractivity contribution in [1.29, 1.82) is 0 Å². The van der Waals surface area contributed by atoms with E-state index in [1.807, 2.05) is 0 Å². The second-order valence-corrected chi connectivity index (χ2v) is 5.08. The van der Waals surface area contributed by atoms with E-state index >= 15 is 0 Å². The molecular formula is C15H11N3O5. The number of anilines is 1. The third-order valence-electron chi connectivity index (χ3n) is 3.65.